The third-order valence-corrected chi connectivity index (χ3v) is 2.18. The van der Waals surface area contributed by atoms with Gasteiger partial charge in [0.05, 0.1) is 23.5 Å². The molecule has 78 valence electrons. The number of hydrogen-bond donors (Lipinski definition) is 1. The van der Waals surface area contributed by atoms with Crippen LogP contribution in [0.2, 0.25) is 0 Å². The van der Waals surface area contributed by atoms with Gasteiger partial charge in [-0.2, -0.15) is 5.26 Å². The molecule has 0 saturated carbocycles. The lowest BCUT2D eigenvalue weighted by molar-refractivity contribution is 1.26. The molecule has 2 rings (SSSR count). The average molecular weight is 209 g/mol. The van der Waals surface area contributed by atoms with Crippen LogP contribution in [0.3, 0.4) is 0 Å². The summed E-state index contributed by atoms with van der Waals surface area (Å²) in [4.78, 5) is 4.10. The maximum absolute atomic E-state index is 8.67. The zero-order valence-corrected chi connectivity index (χ0v) is 8.94. The van der Waals surface area contributed by atoms with Crippen LogP contribution in [0.25, 0.3) is 0 Å². The van der Waals surface area contributed by atoms with E-state index in [0.717, 1.165) is 16.9 Å². The highest BCUT2D eigenvalue weighted by Crippen LogP contribution is 2.16. The third kappa shape index (κ3) is 2.37. The Bertz CT molecular complexity index is 524. The Labute approximate surface area is 94.4 Å². The van der Waals surface area contributed by atoms with Crippen molar-refractivity contribution in [3.63, 3.8) is 0 Å². The minimum Gasteiger partial charge on any atom is -0.354 e. The van der Waals surface area contributed by atoms with Crippen molar-refractivity contribution in [3.8, 4) is 6.07 Å². The molecule has 0 bridgehead atoms. The fourth-order valence-electron chi connectivity index (χ4n) is 1.42. The number of benzene rings is 1. The molecule has 0 atom stereocenters. The van der Waals surface area contributed by atoms with Crippen LogP contribution in [0.5, 0.6) is 0 Å². The molecule has 0 aliphatic rings. The number of nitrogens with zero attached hydrogens (tertiary/aromatic N) is 2. The summed E-state index contributed by atoms with van der Waals surface area (Å²) in [6, 6.07) is 11.4. The fourth-order valence-corrected chi connectivity index (χ4v) is 1.42. The molecule has 0 spiro atoms. The van der Waals surface area contributed by atoms with Crippen LogP contribution in [-0.2, 0) is 0 Å². The van der Waals surface area contributed by atoms with E-state index in [2.05, 4.69) is 16.4 Å². The summed E-state index contributed by atoms with van der Waals surface area (Å²) in [7, 11) is 0. The fraction of sp³-hybridized carbons (Fsp3) is 0.0769. The van der Waals surface area contributed by atoms with E-state index in [1.807, 2.05) is 31.3 Å². The molecule has 16 heavy (non-hydrogen) atoms. The summed E-state index contributed by atoms with van der Waals surface area (Å²) < 4.78 is 0. The molecule has 1 heterocycles. The zero-order valence-electron chi connectivity index (χ0n) is 8.94. The number of aromatic nitrogens is 1. The number of anilines is 2. The van der Waals surface area contributed by atoms with E-state index in [1.54, 1.807) is 18.3 Å². The lowest BCUT2D eigenvalue weighted by atomic mass is 10.2. The summed E-state index contributed by atoms with van der Waals surface area (Å²) in [5.41, 5.74) is 3.67. The highest BCUT2D eigenvalue weighted by molar-refractivity contribution is 5.59. The second-order valence-corrected chi connectivity index (χ2v) is 3.57. The number of hydrogen-bond acceptors (Lipinski definition) is 3. The molecular weight excluding hydrogens is 198 g/mol. The molecule has 0 saturated heterocycles. The van der Waals surface area contributed by atoms with Crippen LogP contribution >= 0.6 is 0 Å². The molecule has 0 fully saturated rings. The summed E-state index contributed by atoms with van der Waals surface area (Å²) >= 11 is 0. The smallest absolute Gasteiger partial charge is 0.0991 e. The largest absolute Gasteiger partial charge is 0.354 e. The molecule has 0 radical (unpaired) electrons. The van der Waals surface area contributed by atoms with Crippen LogP contribution in [-0.4, -0.2) is 4.98 Å². The highest BCUT2D eigenvalue weighted by Gasteiger charge is 1.96. The zero-order chi connectivity index (χ0) is 11.4. The SMILES string of the molecule is Cc1cncc(Nc2ccc(C#N)cc2)c1. The van der Waals surface area contributed by atoms with Crippen LogP contribution in [0, 0.1) is 18.3 Å². The van der Waals surface area contributed by atoms with E-state index in [1.165, 1.54) is 0 Å². The van der Waals surface area contributed by atoms with Crippen molar-refractivity contribution in [1.82, 2.24) is 4.98 Å². The Kier molecular flexibility index (Phi) is 2.84. The summed E-state index contributed by atoms with van der Waals surface area (Å²) in [5, 5.41) is 11.9. The molecule has 2 aromatic rings. The highest BCUT2D eigenvalue weighted by atomic mass is 14.9. The third-order valence-electron chi connectivity index (χ3n) is 2.18. The molecule has 1 N–H and O–H groups in total. The average Bonchev–Trinajstić information content (AvgIpc) is 2.30. The summed E-state index contributed by atoms with van der Waals surface area (Å²) in [6.07, 6.45) is 3.58. The van der Waals surface area contributed by atoms with Gasteiger partial charge in [0, 0.05) is 11.9 Å². The Morgan fingerprint density at radius 3 is 2.50 bits per heavy atom. The Morgan fingerprint density at radius 2 is 1.88 bits per heavy atom. The monoisotopic (exact) mass is 209 g/mol. The van der Waals surface area contributed by atoms with Crippen molar-refractivity contribution in [2.24, 2.45) is 0 Å². The van der Waals surface area contributed by atoms with Crippen molar-refractivity contribution in [3.05, 3.63) is 53.9 Å². The second-order valence-electron chi connectivity index (χ2n) is 3.57. The van der Waals surface area contributed by atoms with Gasteiger partial charge in [0.2, 0.25) is 0 Å². The number of pyridine rings is 1. The van der Waals surface area contributed by atoms with E-state index in [9.17, 15) is 0 Å². The lowest BCUT2D eigenvalue weighted by Crippen LogP contribution is -1.91. The van der Waals surface area contributed by atoms with Crippen molar-refractivity contribution < 1.29 is 0 Å². The molecule has 3 nitrogen and oxygen atoms in total. The van der Waals surface area contributed by atoms with Gasteiger partial charge in [-0.1, -0.05) is 0 Å². The second kappa shape index (κ2) is 4.45. The van der Waals surface area contributed by atoms with Gasteiger partial charge in [-0.15, -0.1) is 0 Å². The van der Waals surface area contributed by atoms with Crippen LogP contribution in [0.1, 0.15) is 11.1 Å². The van der Waals surface area contributed by atoms with E-state index < -0.39 is 0 Å². The van der Waals surface area contributed by atoms with Gasteiger partial charge in [0.15, 0.2) is 0 Å². The maximum atomic E-state index is 8.67. The number of aryl methyl sites for hydroxylation is 1. The Morgan fingerprint density at radius 1 is 1.12 bits per heavy atom. The molecular formula is C13H11N3. The van der Waals surface area contributed by atoms with E-state index in [0.29, 0.717) is 5.56 Å². The van der Waals surface area contributed by atoms with Crippen molar-refractivity contribution >= 4 is 11.4 Å². The predicted octanol–water partition coefficient (Wildman–Crippen LogP) is 3.01. The van der Waals surface area contributed by atoms with Crippen LogP contribution in [0.15, 0.2) is 42.7 Å². The number of nitriles is 1. The topological polar surface area (TPSA) is 48.7 Å². The van der Waals surface area contributed by atoms with E-state index in [4.69, 9.17) is 5.26 Å². The molecule has 0 aliphatic heterocycles. The minimum atomic E-state index is 0.660. The van der Waals surface area contributed by atoms with Gasteiger partial charge in [0.25, 0.3) is 0 Å². The van der Waals surface area contributed by atoms with Gasteiger partial charge in [-0.05, 0) is 42.8 Å². The van der Waals surface area contributed by atoms with E-state index in [-0.39, 0.29) is 0 Å². The van der Waals surface area contributed by atoms with Crippen molar-refractivity contribution in [2.45, 2.75) is 6.92 Å². The van der Waals surface area contributed by atoms with E-state index >= 15 is 0 Å². The molecule has 0 amide bonds. The van der Waals surface area contributed by atoms with Crippen LogP contribution < -0.4 is 5.32 Å². The Hall–Kier alpha value is -2.34. The quantitative estimate of drug-likeness (QED) is 0.827. The van der Waals surface area contributed by atoms with Gasteiger partial charge in [-0.25, -0.2) is 0 Å². The molecule has 1 aromatic carbocycles. The standard InChI is InChI=1S/C13H11N3/c1-10-6-13(9-15-8-10)16-12-4-2-11(7-14)3-5-12/h2-6,8-9,16H,1H3. The number of rotatable bonds is 2. The van der Waals surface area contributed by atoms with Crippen LogP contribution in [0.4, 0.5) is 11.4 Å². The van der Waals surface area contributed by atoms with Gasteiger partial charge >= 0.3 is 0 Å². The van der Waals surface area contributed by atoms with Gasteiger partial charge in [0.1, 0.15) is 0 Å². The molecule has 0 aliphatic carbocycles. The minimum absolute atomic E-state index is 0.660. The first-order valence-electron chi connectivity index (χ1n) is 4.97. The molecule has 3 heteroatoms. The number of nitrogens with one attached hydrogen (secondary N) is 1. The maximum Gasteiger partial charge on any atom is 0.0991 e. The summed E-state index contributed by atoms with van der Waals surface area (Å²) in [6.45, 7) is 2.00. The normalized spacial score (nSPS) is 9.50. The van der Waals surface area contributed by atoms with Gasteiger partial charge in [-0.3, -0.25) is 4.98 Å². The molecule has 0 unspecified atom stereocenters. The first-order chi connectivity index (χ1) is 7.78. The summed E-state index contributed by atoms with van der Waals surface area (Å²) in [5.74, 6) is 0. The first kappa shape index (κ1) is 10.2. The first-order valence-corrected chi connectivity index (χ1v) is 4.97. The lowest BCUT2D eigenvalue weighted by Gasteiger charge is -2.06. The molecule has 1 aromatic heterocycles. The van der Waals surface area contributed by atoms with Crippen molar-refractivity contribution in [1.29, 1.82) is 5.26 Å². The van der Waals surface area contributed by atoms with Crippen molar-refractivity contribution in [2.75, 3.05) is 5.32 Å². The van der Waals surface area contributed by atoms with Gasteiger partial charge < -0.3 is 5.32 Å². The Balaban J connectivity index is 2.18. The predicted molar refractivity (Wildman–Crippen MR) is 63.4 cm³/mol.